The molecule has 1 aromatic carbocycles. The fourth-order valence-corrected chi connectivity index (χ4v) is 1.66. The molecule has 0 bridgehead atoms. The smallest absolute Gasteiger partial charge is 0.0369 e. The molecule has 0 aliphatic carbocycles. The van der Waals surface area contributed by atoms with E-state index in [9.17, 15) is 0 Å². The maximum absolute atomic E-state index is 4.01. The van der Waals surface area contributed by atoms with Crippen LogP contribution in [0.25, 0.3) is 0 Å². The molecule has 2 aromatic rings. The van der Waals surface area contributed by atoms with Gasteiger partial charge in [0.25, 0.3) is 0 Å². The van der Waals surface area contributed by atoms with Gasteiger partial charge in [0.05, 0.1) is 0 Å². The van der Waals surface area contributed by atoms with E-state index in [4.69, 9.17) is 0 Å². The van der Waals surface area contributed by atoms with Crippen LogP contribution in [0.4, 0.5) is 5.69 Å². The topological polar surface area (TPSA) is 24.9 Å². The van der Waals surface area contributed by atoms with E-state index in [0.717, 1.165) is 13.0 Å². The summed E-state index contributed by atoms with van der Waals surface area (Å²) in [5, 5.41) is 3.44. The minimum Gasteiger partial charge on any atom is -0.384 e. The Labute approximate surface area is 96.4 Å². The van der Waals surface area contributed by atoms with E-state index in [1.165, 1.54) is 16.8 Å². The van der Waals surface area contributed by atoms with Gasteiger partial charge in [-0.2, -0.15) is 0 Å². The zero-order chi connectivity index (χ0) is 11.2. The van der Waals surface area contributed by atoms with Gasteiger partial charge < -0.3 is 5.32 Å². The van der Waals surface area contributed by atoms with Crippen LogP contribution in [0.2, 0.25) is 0 Å². The lowest BCUT2D eigenvalue weighted by Gasteiger charge is -2.08. The number of benzene rings is 1. The molecule has 0 atom stereocenters. The van der Waals surface area contributed by atoms with Gasteiger partial charge in [0.15, 0.2) is 0 Å². The summed E-state index contributed by atoms with van der Waals surface area (Å²) in [6.45, 7) is 3.07. The van der Waals surface area contributed by atoms with Crippen LogP contribution in [0.5, 0.6) is 0 Å². The second-order valence-electron chi connectivity index (χ2n) is 3.85. The average molecular weight is 212 g/mol. The third-order valence-corrected chi connectivity index (χ3v) is 2.62. The maximum atomic E-state index is 4.01. The Balaban J connectivity index is 1.87. The molecule has 2 heteroatoms. The van der Waals surface area contributed by atoms with E-state index in [-0.39, 0.29) is 0 Å². The fourth-order valence-electron chi connectivity index (χ4n) is 1.66. The summed E-state index contributed by atoms with van der Waals surface area (Å²) >= 11 is 0. The largest absolute Gasteiger partial charge is 0.384 e. The van der Waals surface area contributed by atoms with Crippen LogP contribution in [0.3, 0.4) is 0 Å². The van der Waals surface area contributed by atoms with Gasteiger partial charge in [-0.15, -0.1) is 0 Å². The highest BCUT2D eigenvalue weighted by atomic mass is 14.9. The molecule has 82 valence electrons. The lowest BCUT2D eigenvalue weighted by atomic mass is 10.1. The molecule has 1 aromatic heterocycles. The van der Waals surface area contributed by atoms with E-state index < -0.39 is 0 Å². The standard InChI is InChI=1S/C14H16N2/c1-12-4-2-3-5-14(12)16-11-8-13-6-9-15-10-7-13/h2-7,9-10,16H,8,11H2,1H3. The summed E-state index contributed by atoms with van der Waals surface area (Å²) in [4.78, 5) is 4.01. The van der Waals surface area contributed by atoms with E-state index in [1.807, 2.05) is 12.4 Å². The Morgan fingerprint density at radius 1 is 1.06 bits per heavy atom. The van der Waals surface area contributed by atoms with Gasteiger partial charge >= 0.3 is 0 Å². The molecule has 0 unspecified atom stereocenters. The van der Waals surface area contributed by atoms with Gasteiger partial charge in [-0.3, -0.25) is 4.98 Å². The average Bonchev–Trinajstić information content (AvgIpc) is 2.33. The van der Waals surface area contributed by atoms with Gasteiger partial charge in [-0.1, -0.05) is 18.2 Å². The van der Waals surface area contributed by atoms with Crippen molar-refractivity contribution < 1.29 is 0 Å². The highest BCUT2D eigenvalue weighted by Crippen LogP contribution is 2.12. The first-order valence-electron chi connectivity index (χ1n) is 5.54. The number of para-hydroxylation sites is 1. The first-order valence-corrected chi connectivity index (χ1v) is 5.54. The fraction of sp³-hybridized carbons (Fsp3) is 0.214. The van der Waals surface area contributed by atoms with E-state index in [0.29, 0.717) is 0 Å². The molecule has 0 aliphatic heterocycles. The molecule has 2 nitrogen and oxygen atoms in total. The van der Waals surface area contributed by atoms with Crippen molar-refractivity contribution in [3.63, 3.8) is 0 Å². The first kappa shape index (κ1) is 10.7. The van der Waals surface area contributed by atoms with E-state index in [2.05, 4.69) is 53.6 Å². The summed E-state index contributed by atoms with van der Waals surface area (Å²) in [5.41, 5.74) is 3.82. The molecule has 1 N–H and O–H groups in total. The van der Waals surface area contributed by atoms with Crippen molar-refractivity contribution in [1.82, 2.24) is 4.98 Å². The van der Waals surface area contributed by atoms with Crippen LogP contribution in [0.1, 0.15) is 11.1 Å². The van der Waals surface area contributed by atoms with Crippen LogP contribution in [-0.4, -0.2) is 11.5 Å². The van der Waals surface area contributed by atoms with Crippen molar-refractivity contribution in [3.05, 3.63) is 59.9 Å². The lowest BCUT2D eigenvalue weighted by Crippen LogP contribution is -2.05. The minimum absolute atomic E-state index is 0.953. The van der Waals surface area contributed by atoms with E-state index >= 15 is 0 Å². The summed E-state index contributed by atoms with van der Waals surface area (Å²) in [5.74, 6) is 0. The van der Waals surface area contributed by atoms with Gasteiger partial charge in [0, 0.05) is 24.6 Å². The predicted molar refractivity (Wildman–Crippen MR) is 67.6 cm³/mol. The second-order valence-corrected chi connectivity index (χ2v) is 3.85. The number of hydrogen-bond acceptors (Lipinski definition) is 2. The zero-order valence-corrected chi connectivity index (χ0v) is 9.48. The normalized spacial score (nSPS) is 10.1. The number of nitrogens with one attached hydrogen (secondary N) is 1. The molecule has 0 spiro atoms. The first-order chi connectivity index (χ1) is 7.86. The van der Waals surface area contributed by atoms with E-state index in [1.54, 1.807) is 0 Å². The number of nitrogens with zero attached hydrogens (tertiary/aromatic N) is 1. The molecule has 0 amide bonds. The predicted octanol–water partition coefficient (Wildman–Crippen LogP) is 3.04. The zero-order valence-electron chi connectivity index (χ0n) is 9.48. The van der Waals surface area contributed by atoms with Gasteiger partial charge in [-0.05, 0) is 42.7 Å². The number of rotatable bonds is 4. The van der Waals surface area contributed by atoms with Crippen LogP contribution in [-0.2, 0) is 6.42 Å². The number of anilines is 1. The molecule has 0 saturated carbocycles. The SMILES string of the molecule is Cc1ccccc1NCCc1ccncc1. The minimum atomic E-state index is 0.953. The summed E-state index contributed by atoms with van der Waals surface area (Å²) < 4.78 is 0. The Morgan fingerprint density at radius 2 is 1.81 bits per heavy atom. The molecular formula is C14H16N2. The van der Waals surface area contributed by atoms with Gasteiger partial charge in [-0.25, -0.2) is 0 Å². The lowest BCUT2D eigenvalue weighted by molar-refractivity contribution is 1.01. The van der Waals surface area contributed by atoms with Crippen molar-refractivity contribution in [1.29, 1.82) is 0 Å². The van der Waals surface area contributed by atoms with Crippen LogP contribution in [0.15, 0.2) is 48.8 Å². The van der Waals surface area contributed by atoms with Gasteiger partial charge in [0.2, 0.25) is 0 Å². The number of hydrogen-bond donors (Lipinski definition) is 1. The molecule has 0 radical (unpaired) electrons. The summed E-state index contributed by atoms with van der Waals surface area (Å²) in [6, 6.07) is 12.5. The second kappa shape index (κ2) is 5.31. The van der Waals surface area contributed by atoms with Crippen molar-refractivity contribution >= 4 is 5.69 Å². The van der Waals surface area contributed by atoms with Crippen LogP contribution < -0.4 is 5.32 Å². The summed E-state index contributed by atoms with van der Waals surface area (Å²) in [6.07, 6.45) is 4.70. The number of pyridine rings is 1. The molecule has 0 saturated heterocycles. The molecule has 1 heterocycles. The van der Waals surface area contributed by atoms with Crippen molar-refractivity contribution in [2.75, 3.05) is 11.9 Å². The quantitative estimate of drug-likeness (QED) is 0.842. The maximum Gasteiger partial charge on any atom is 0.0369 e. The monoisotopic (exact) mass is 212 g/mol. The Bertz CT molecular complexity index is 437. The third kappa shape index (κ3) is 2.83. The highest BCUT2D eigenvalue weighted by Gasteiger charge is 1.95. The van der Waals surface area contributed by atoms with Crippen LogP contribution >= 0.6 is 0 Å². The van der Waals surface area contributed by atoms with Crippen molar-refractivity contribution in [2.24, 2.45) is 0 Å². The van der Waals surface area contributed by atoms with Crippen molar-refractivity contribution in [3.8, 4) is 0 Å². The number of aromatic nitrogens is 1. The number of aryl methyl sites for hydroxylation is 1. The summed E-state index contributed by atoms with van der Waals surface area (Å²) in [7, 11) is 0. The molecule has 16 heavy (non-hydrogen) atoms. The molecule has 2 rings (SSSR count). The Morgan fingerprint density at radius 3 is 2.56 bits per heavy atom. The molecule has 0 fully saturated rings. The molecular weight excluding hydrogens is 196 g/mol. The van der Waals surface area contributed by atoms with Gasteiger partial charge in [0.1, 0.15) is 0 Å². The Hall–Kier alpha value is -1.83. The highest BCUT2D eigenvalue weighted by molar-refractivity contribution is 5.50. The van der Waals surface area contributed by atoms with Crippen LogP contribution in [0, 0.1) is 6.92 Å². The molecule has 0 aliphatic rings. The van der Waals surface area contributed by atoms with Crippen molar-refractivity contribution in [2.45, 2.75) is 13.3 Å². The Kier molecular flexibility index (Phi) is 3.54. The third-order valence-electron chi connectivity index (χ3n) is 2.62.